The van der Waals surface area contributed by atoms with Crippen LogP contribution in [0.5, 0.6) is 0 Å². The lowest BCUT2D eigenvalue weighted by molar-refractivity contribution is 0.0238. The molecule has 1 saturated carbocycles. The highest BCUT2D eigenvalue weighted by Crippen LogP contribution is 2.33. The minimum absolute atomic E-state index is 0.870. The van der Waals surface area contributed by atoms with Gasteiger partial charge in [-0.1, -0.05) is 25.7 Å². The van der Waals surface area contributed by atoms with Crippen molar-refractivity contribution in [1.29, 1.82) is 0 Å². The predicted molar refractivity (Wildman–Crippen MR) is 67.6 cm³/mol. The summed E-state index contributed by atoms with van der Waals surface area (Å²) in [5.74, 6) is 1.00. The van der Waals surface area contributed by atoms with Crippen LogP contribution < -0.4 is 5.32 Å². The molecule has 1 N–H and O–H groups in total. The fraction of sp³-hybridized carbons (Fsp3) is 1.00. The molecular formula is C14H26N2. The maximum absolute atomic E-state index is 3.69. The van der Waals surface area contributed by atoms with Gasteiger partial charge >= 0.3 is 0 Å². The van der Waals surface area contributed by atoms with Gasteiger partial charge in [0.25, 0.3) is 0 Å². The van der Waals surface area contributed by atoms with Crippen molar-refractivity contribution in [3.63, 3.8) is 0 Å². The highest BCUT2D eigenvalue weighted by atomic mass is 15.3. The predicted octanol–water partition coefficient (Wildman–Crippen LogP) is 2.39. The van der Waals surface area contributed by atoms with E-state index in [1.165, 1.54) is 71.0 Å². The quantitative estimate of drug-likeness (QED) is 0.733. The molecule has 2 aliphatic heterocycles. The van der Waals surface area contributed by atoms with Crippen LogP contribution in [0.1, 0.15) is 51.4 Å². The van der Waals surface area contributed by atoms with Crippen LogP contribution in [0, 0.1) is 5.92 Å². The van der Waals surface area contributed by atoms with E-state index < -0.39 is 0 Å². The van der Waals surface area contributed by atoms with Gasteiger partial charge in [0, 0.05) is 25.2 Å². The van der Waals surface area contributed by atoms with E-state index in [0.717, 1.165) is 18.0 Å². The van der Waals surface area contributed by atoms with Crippen molar-refractivity contribution in [1.82, 2.24) is 10.2 Å². The number of hydrogen-bond donors (Lipinski definition) is 1. The van der Waals surface area contributed by atoms with Crippen LogP contribution >= 0.6 is 0 Å². The fourth-order valence-electron chi connectivity index (χ4n) is 4.15. The van der Waals surface area contributed by atoms with Crippen molar-refractivity contribution in [2.75, 3.05) is 19.6 Å². The molecule has 3 rings (SSSR count). The van der Waals surface area contributed by atoms with Crippen molar-refractivity contribution in [2.45, 2.75) is 63.5 Å². The molecule has 0 radical (unpaired) electrons. The SMILES string of the molecule is C1CCC(C2CNCC3CCCCN32)CC1. The number of hydrogen-bond acceptors (Lipinski definition) is 2. The second kappa shape index (κ2) is 5.05. The van der Waals surface area contributed by atoms with Crippen molar-refractivity contribution in [3.05, 3.63) is 0 Å². The summed E-state index contributed by atoms with van der Waals surface area (Å²) < 4.78 is 0. The second-order valence-corrected chi connectivity index (χ2v) is 6.01. The minimum Gasteiger partial charge on any atom is -0.314 e. The third-order valence-electron chi connectivity index (χ3n) is 5.03. The average Bonchev–Trinajstić information content (AvgIpc) is 2.39. The van der Waals surface area contributed by atoms with Crippen molar-refractivity contribution < 1.29 is 0 Å². The van der Waals surface area contributed by atoms with E-state index >= 15 is 0 Å². The van der Waals surface area contributed by atoms with Crippen molar-refractivity contribution >= 4 is 0 Å². The lowest BCUT2D eigenvalue weighted by Crippen LogP contribution is -2.61. The first-order valence-corrected chi connectivity index (χ1v) is 7.41. The minimum atomic E-state index is 0.870. The zero-order chi connectivity index (χ0) is 10.8. The molecule has 0 aromatic carbocycles. The summed E-state index contributed by atoms with van der Waals surface area (Å²) in [5.41, 5.74) is 0. The van der Waals surface area contributed by atoms with Crippen LogP contribution in [-0.4, -0.2) is 36.6 Å². The van der Waals surface area contributed by atoms with Crippen LogP contribution in [0.3, 0.4) is 0 Å². The summed E-state index contributed by atoms with van der Waals surface area (Å²) in [7, 11) is 0. The highest BCUT2D eigenvalue weighted by molar-refractivity contribution is 4.93. The molecule has 1 aliphatic carbocycles. The number of piperidine rings is 1. The van der Waals surface area contributed by atoms with Crippen LogP contribution in [0.2, 0.25) is 0 Å². The Morgan fingerprint density at radius 1 is 0.812 bits per heavy atom. The molecule has 3 aliphatic rings. The average molecular weight is 222 g/mol. The summed E-state index contributed by atoms with van der Waals surface area (Å²) in [4.78, 5) is 2.87. The molecule has 2 heterocycles. The van der Waals surface area contributed by atoms with Gasteiger partial charge in [-0.25, -0.2) is 0 Å². The molecule has 3 fully saturated rings. The number of nitrogens with zero attached hydrogens (tertiary/aromatic N) is 1. The Balaban J connectivity index is 1.67. The first kappa shape index (κ1) is 11.0. The van der Waals surface area contributed by atoms with E-state index in [1.807, 2.05) is 0 Å². The molecule has 0 amide bonds. The lowest BCUT2D eigenvalue weighted by atomic mass is 9.81. The normalized spacial score (nSPS) is 38.2. The van der Waals surface area contributed by atoms with Gasteiger partial charge in [-0.2, -0.15) is 0 Å². The van der Waals surface area contributed by atoms with E-state index in [2.05, 4.69) is 10.2 Å². The molecule has 2 unspecified atom stereocenters. The van der Waals surface area contributed by atoms with Crippen molar-refractivity contribution in [3.8, 4) is 0 Å². The summed E-state index contributed by atoms with van der Waals surface area (Å²) >= 11 is 0. The van der Waals surface area contributed by atoms with Gasteiger partial charge < -0.3 is 5.32 Å². The Bertz CT molecular complexity index is 221. The van der Waals surface area contributed by atoms with Gasteiger partial charge in [0.15, 0.2) is 0 Å². The Labute approximate surface area is 99.8 Å². The molecule has 2 atom stereocenters. The molecule has 16 heavy (non-hydrogen) atoms. The van der Waals surface area contributed by atoms with Crippen LogP contribution in [-0.2, 0) is 0 Å². The topological polar surface area (TPSA) is 15.3 Å². The summed E-state index contributed by atoms with van der Waals surface area (Å²) in [6.45, 7) is 3.90. The van der Waals surface area contributed by atoms with E-state index in [1.54, 1.807) is 0 Å². The first-order valence-electron chi connectivity index (χ1n) is 7.41. The Kier molecular flexibility index (Phi) is 3.49. The monoisotopic (exact) mass is 222 g/mol. The molecule has 0 aromatic heterocycles. The molecule has 2 nitrogen and oxygen atoms in total. The molecule has 2 saturated heterocycles. The standard InChI is InChI=1S/C14H26N2/c1-2-6-12(7-3-1)14-11-15-10-13-8-4-5-9-16(13)14/h12-15H,1-11H2. The van der Waals surface area contributed by atoms with E-state index in [4.69, 9.17) is 0 Å². The smallest absolute Gasteiger partial charge is 0.0252 e. The summed E-state index contributed by atoms with van der Waals surface area (Å²) in [6, 6.07) is 1.74. The number of fused-ring (bicyclic) bond motifs is 1. The van der Waals surface area contributed by atoms with E-state index in [0.29, 0.717) is 0 Å². The van der Waals surface area contributed by atoms with E-state index in [-0.39, 0.29) is 0 Å². The molecule has 0 bridgehead atoms. The maximum atomic E-state index is 3.69. The number of nitrogens with one attached hydrogen (secondary N) is 1. The van der Waals surface area contributed by atoms with Gasteiger partial charge in [-0.05, 0) is 38.1 Å². The Morgan fingerprint density at radius 3 is 2.50 bits per heavy atom. The number of rotatable bonds is 1. The summed E-state index contributed by atoms with van der Waals surface area (Å²) in [5, 5.41) is 3.69. The summed E-state index contributed by atoms with van der Waals surface area (Å²) in [6.07, 6.45) is 11.8. The first-order chi connectivity index (χ1) is 7.95. The van der Waals surface area contributed by atoms with Crippen LogP contribution in [0.25, 0.3) is 0 Å². The largest absolute Gasteiger partial charge is 0.314 e. The molecule has 0 spiro atoms. The number of piperazine rings is 1. The third kappa shape index (κ3) is 2.14. The molecule has 92 valence electrons. The zero-order valence-corrected chi connectivity index (χ0v) is 10.5. The van der Waals surface area contributed by atoms with Crippen LogP contribution in [0.4, 0.5) is 0 Å². The van der Waals surface area contributed by atoms with Gasteiger partial charge in [-0.3, -0.25) is 4.90 Å². The maximum Gasteiger partial charge on any atom is 0.0252 e. The van der Waals surface area contributed by atoms with Crippen LogP contribution in [0.15, 0.2) is 0 Å². The molecule has 2 heteroatoms. The zero-order valence-electron chi connectivity index (χ0n) is 10.5. The molecular weight excluding hydrogens is 196 g/mol. The second-order valence-electron chi connectivity index (χ2n) is 6.01. The van der Waals surface area contributed by atoms with Gasteiger partial charge in [0.1, 0.15) is 0 Å². The van der Waals surface area contributed by atoms with Crippen molar-refractivity contribution in [2.24, 2.45) is 5.92 Å². The van der Waals surface area contributed by atoms with Gasteiger partial charge in [-0.15, -0.1) is 0 Å². The highest BCUT2D eigenvalue weighted by Gasteiger charge is 2.36. The third-order valence-corrected chi connectivity index (χ3v) is 5.03. The Morgan fingerprint density at radius 2 is 1.62 bits per heavy atom. The van der Waals surface area contributed by atoms with E-state index in [9.17, 15) is 0 Å². The fourth-order valence-corrected chi connectivity index (χ4v) is 4.15. The molecule has 0 aromatic rings. The lowest BCUT2D eigenvalue weighted by Gasteiger charge is -2.49. The van der Waals surface area contributed by atoms with Gasteiger partial charge in [0.05, 0.1) is 0 Å². The van der Waals surface area contributed by atoms with Gasteiger partial charge in [0.2, 0.25) is 0 Å². The Hall–Kier alpha value is -0.0800.